The molecule has 0 N–H and O–H groups in total. The van der Waals surface area contributed by atoms with Crippen molar-refractivity contribution in [1.82, 2.24) is 4.98 Å². The molecule has 0 saturated carbocycles. The Morgan fingerprint density at radius 1 is 1.06 bits per heavy atom. The number of rotatable bonds is 1. The second-order valence-corrected chi connectivity index (χ2v) is 4.26. The van der Waals surface area contributed by atoms with E-state index >= 15 is 0 Å². The van der Waals surface area contributed by atoms with Crippen molar-refractivity contribution in [2.24, 2.45) is 0 Å². The number of nitrogens with zero attached hydrogens (tertiary/aromatic N) is 1. The van der Waals surface area contributed by atoms with Gasteiger partial charge in [-0.1, -0.05) is 23.8 Å². The zero-order chi connectivity index (χ0) is 13.3. The zero-order valence-electron chi connectivity index (χ0n) is 10.0. The summed E-state index contributed by atoms with van der Waals surface area (Å²) >= 11 is 0. The van der Waals surface area contributed by atoms with Gasteiger partial charge >= 0.3 is 6.18 Å². The van der Waals surface area contributed by atoms with Gasteiger partial charge in [0.2, 0.25) is 0 Å². The average Bonchev–Trinajstić information content (AvgIpc) is 2.27. The van der Waals surface area contributed by atoms with Crippen LogP contribution in [0.3, 0.4) is 0 Å². The summed E-state index contributed by atoms with van der Waals surface area (Å²) in [6.45, 7) is 3.57. The van der Waals surface area contributed by atoms with Gasteiger partial charge < -0.3 is 0 Å². The maximum Gasteiger partial charge on any atom is 0.417 e. The SMILES string of the molecule is Cc1cccc(-c2ncc(C(F)(F)F)cc2C)c1. The Morgan fingerprint density at radius 3 is 2.33 bits per heavy atom. The molecule has 18 heavy (non-hydrogen) atoms. The number of benzene rings is 1. The van der Waals surface area contributed by atoms with Gasteiger partial charge in [0.25, 0.3) is 0 Å². The van der Waals surface area contributed by atoms with E-state index < -0.39 is 11.7 Å². The Morgan fingerprint density at radius 2 is 1.78 bits per heavy atom. The van der Waals surface area contributed by atoms with Crippen molar-refractivity contribution in [1.29, 1.82) is 0 Å². The van der Waals surface area contributed by atoms with Crippen LogP contribution < -0.4 is 0 Å². The highest BCUT2D eigenvalue weighted by Gasteiger charge is 2.31. The van der Waals surface area contributed by atoms with Gasteiger partial charge in [-0.2, -0.15) is 13.2 Å². The molecule has 0 aliphatic carbocycles. The predicted octanol–water partition coefficient (Wildman–Crippen LogP) is 4.38. The van der Waals surface area contributed by atoms with Gasteiger partial charge in [-0.3, -0.25) is 4.98 Å². The zero-order valence-corrected chi connectivity index (χ0v) is 10.0. The molecular formula is C14H12F3N. The predicted molar refractivity (Wildman–Crippen MR) is 64.1 cm³/mol. The van der Waals surface area contributed by atoms with Gasteiger partial charge in [0, 0.05) is 11.8 Å². The lowest BCUT2D eigenvalue weighted by Crippen LogP contribution is -2.06. The third kappa shape index (κ3) is 2.53. The van der Waals surface area contributed by atoms with Crippen molar-refractivity contribution >= 4 is 0 Å². The molecule has 0 fully saturated rings. The Kier molecular flexibility index (Phi) is 3.11. The van der Waals surface area contributed by atoms with Crippen LogP contribution in [0.1, 0.15) is 16.7 Å². The Hall–Kier alpha value is -1.84. The molecule has 1 heterocycles. The van der Waals surface area contributed by atoms with Gasteiger partial charge in [0.05, 0.1) is 11.3 Å². The van der Waals surface area contributed by atoms with Crippen molar-refractivity contribution in [2.45, 2.75) is 20.0 Å². The monoisotopic (exact) mass is 251 g/mol. The summed E-state index contributed by atoms with van der Waals surface area (Å²) in [6.07, 6.45) is -3.46. The van der Waals surface area contributed by atoms with Crippen LogP contribution in [-0.2, 0) is 6.18 Å². The highest BCUT2D eigenvalue weighted by atomic mass is 19.4. The van der Waals surface area contributed by atoms with E-state index in [9.17, 15) is 13.2 Å². The lowest BCUT2D eigenvalue weighted by atomic mass is 10.0. The van der Waals surface area contributed by atoms with Crippen LogP contribution in [0.5, 0.6) is 0 Å². The van der Waals surface area contributed by atoms with Crippen molar-refractivity contribution in [3.8, 4) is 11.3 Å². The summed E-state index contributed by atoms with van der Waals surface area (Å²) < 4.78 is 37.6. The first-order valence-corrected chi connectivity index (χ1v) is 5.49. The molecule has 0 aliphatic heterocycles. The highest BCUT2D eigenvalue weighted by molar-refractivity contribution is 5.63. The van der Waals surface area contributed by atoms with Crippen LogP contribution in [0.15, 0.2) is 36.5 Å². The maximum absolute atomic E-state index is 12.5. The summed E-state index contributed by atoms with van der Waals surface area (Å²) in [4.78, 5) is 3.94. The number of hydrogen-bond donors (Lipinski definition) is 0. The molecule has 2 rings (SSSR count). The molecule has 1 nitrogen and oxygen atoms in total. The Bertz CT molecular complexity index is 573. The topological polar surface area (TPSA) is 12.9 Å². The minimum Gasteiger partial charge on any atom is -0.255 e. The molecule has 0 amide bonds. The molecule has 4 heteroatoms. The van der Waals surface area contributed by atoms with E-state index in [1.807, 2.05) is 31.2 Å². The standard InChI is InChI=1S/C14H12F3N/c1-9-4-3-5-11(6-9)13-10(2)7-12(8-18-13)14(15,16)17/h3-8H,1-2H3. The fourth-order valence-electron chi connectivity index (χ4n) is 1.82. The number of aromatic nitrogens is 1. The van der Waals surface area contributed by atoms with E-state index in [1.54, 1.807) is 6.92 Å². The third-order valence-electron chi connectivity index (χ3n) is 2.70. The molecule has 0 unspecified atom stereocenters. The van der Waals surface area contributed by atoms with Crippen LogP contribution in [-0.4, -0.2) is 4.98 Å². The summed E-state index contributed by atoms with van der Waals surface area (Å²) in [6, 6.07) is 8.68. The van der Waals surface area contributed by atoms with Crippen LogP contribution in [0.25, 0.3) is 11.3 Å². The van der Waals surface area contributed by atoms with Gasteiger partial charge in [-0.05, 0) is 31.5 Å². The molecule has 0 bridgehead atoms. The minimum atomic E-state index is -4.34. The Labute approximate surface area is 103 Å². The second-order valence-electron chi connectivity index (χ2n) is 4.26. The van der Waals surface area contributed by atoms with Crippen molar-refractivity contribution in [3.05, 3.63) is 53.2 Å². The minimum absolute atomic E-state index is 0.524. The number of pyridine rings is 1. The highest BCUT2D eigenvalue weighted by Crippen LogP contribution is 2.31. The van der Waals surface area contributed by atoms with E-state index in [0.717, 1.165) is 23.4 Å². The molecule has 0 saturated heterocycles. The Balaban J connectivity index is 2.48. The largest absolute Gasteiger partial charge is 0.417 e. The number of alkyl halides is 3. The summed E-state index contributed by atoms with van der Waals surface area (Å²) in [5, 5.41) is 0. The third-order valence-corrected chi connectivity index (χ3v) is 2.70. The van der Waals surface area contributed by atoms with Crippen LogP contribution in [0, 0.1) is 13.8 Å². The molecular weight excluding hydrogens is 239 g/mol. The molecule has 0 radical (unpaired) electrons. The molecule has 94 valence electrons. The number of halogens is 3. The smallest absolute Gasteiger partial charge is 0.255 e. The lowest BCUT2D eigenvalue weighted by molar-refractivity contribution is -0.137. The molecule has 1 aromatic heterocycles. The van der Waals surface area contributed by atoms with Crippen LogP contribution in [0.2, 0.25) is 0 Å². The number of aryl methyl sites for hydroxylation is 2. The van der Waals surface area contributed by atoms with E-state index in [0.29, 0.717) is 11.3 Å². The summed E-state index contributed by atoms with van der Waals surface area (Å²) in [5.41, 5.74) is 2.29. The number of hydrogen-bond acceptors (Lipinski definition) is 1. The van der Waals surface area contributed by atoms with Crippen LogP contribution in [0.4, 0.5) is 13.2 Å². The molecule has 1 aromatic carbocycles. The first-order valence-electron chi connectivity index (χ1n) is 5.49. The first-order chi connectivity index (χ1) is 8.38. The quantitative estimate of drug-likeness (QED) is 0.732. The van der Waals surface area contributed by atoms with Gasteiger partial charge in [-0.15, -0.1) is 0 Å². The lowest BCUT2D eigenvalue weighted by Gasteiger charge is -2.10. The molecule has 0 spiro atoms. The maximum atomic E-state index is 12.5. The molecule has 2 aromatic rings. The van der Waals surface area contributed by atoms with Gasteiger partial charge in [0.1, 0.15) is 0 Å². The van der Waals surface area contributed by atoms with Crippen LogP contribution >= 0.6 is 0 Å². The van der Waals surface area contributed by atoms with Crippen molar-refractivity contribution in [3.63, 3.8) is 0 Å². The van der Waals surface area contributed by atoms with E-state index in [1.165, 1.54) is 0 Å². The van der Waals surface area contributed by atoms with Gasteiger partial charge in [-0.25, -0.2) is 0 Å². The normalized spacial score (nSPS) is 11.6. The van der Waals surface area contributed by atoms with Crippen molar-refractivity contribution < 1.29 is 13.2 Å². The second kappa shape index (κ2) is 4.44. The van der Waals surface area contributed by atoms with E-state index in [4.69, 9.17) is 0 Å². The average molecular weight is 251 g/mol. The fraction of sp³-hybridized carbons (Fsp3) is 0.214. The van der Waals surface area contributed by atoms with Gasteiger partial charge in [0.15, 0.2) is 0 Å². The fourth-order valence-corrected chi connectivity index (χ4v) is 1.82. The molecule has 0 atom stereocenters. The molecule has 0 aliphatic rings. The van der Waals surface area contributed by atoms with E-state index in [-0.39, 0.29) is 0 Å². The van der Waals surface area contributed by atoms with Crippen molar-refractivity contribution in [2.75, 3.05) is 0 Å². The summed E-state index contributed by atoms with van der Waals surface area (Å²) in [7, 11) is 0. The first kappa shape index (κ1) is 12.6. The summed E-state index contributed by atoms with van der Waals surface area (Å²) in [5.74, 6) is 0. The van der Waals surface area contributed by atoms with E-state index in [2.05, 4.69) is 4.98 Å².